The van der Waals surface area contributed by atoms with Crippen LogP contribution in [0.25, 0.3) is 10.2 Å². The summed E-state index contributed by atoms with van der Waals surface area (Å²) >= 11 is 1.15. The van der Waals surface area contributed by atoms with Crippen LogP contribution in [-0.4, -0.2) is 38.3 Å². The predicted molar refractivity (Wildman–Crippen MR) is 134 cm³/mol. The van der Waals surface area contributed by atoms with E-state index in [4.69, 9.17) is 4.74 Å². The van der Waals surface area contributed by atoms with Crippen LogP contribution in [-0.2, 0) is 14.8 Å². The second-order valence-electron chi connectivity index (χ2n) is 7.90. The molecule has 0 aliphatic carbocycles. The molecular weight excluding hydrogens is 462 g/mol. The molecule has 0 radical (unpaired) electrons. The Balaban J connectivity index is 1.67. The fourth-order valence-corrected chi connectivity index (χ4v) is 5.64. The molecule has 8 nitrogen and oxygen atoms in total. The van der Waals surface area contributed by atoms with Gasteiger partial charge in [-0.1, -0.05) is 23.5 Å². The molecule has 0 saturated carbocycles. The number of hydrogen-bond acceptors (Lipinski definition) is 6. The standard InChI is InChI=1S/C23H29N3O5S2/c1-5-31-20-10-7-6-9-18(20)25(33(4,29)30)14-8-11-22(27)24-17-12-13-19-21(15-17)32-23(28)26(19)16(2)3/h6-7,9-10,12-13,15-16H,5,8,11,14H2,1-4H3,(H,24,27). The van der Waals surface area contributed by atoms with Gasteiger partial charge in [-0.05, 0) is 57.5 Å². The Morgan fingerprint density at radius 3 is 2.61 bits per heavy atom. The molecule has 1 amide bonds. The molecule has 0 bridgehead atoms. The zero-order valence-corrected chi connectivity index (χ0v) is 20.8. The largest absolute Gasteiger partial charge is 0.492 e. The van der Waals surface area contributed by atoms with E-state index >= 15 is 0 Å². The molecule has 3 rings (SSSR count). The van der Waals surface area contributed by atoms with Crippen LogP contribution in [0, 0.1) is 0 Å². The van der Waals surface area contributed by atoms with Gasteiger partial charge in [0.15, 0.2) is 0 Å². The second-order valence-corrected chi connectivity index (χ2v) is 10.8. The van der Waals surface area contributed by atoms with E-state index in [-0.39, 0.29) is 29.8 Å². The normalized spacial score (nSPS) is 11.7. The summed E-state index contributed by atoms with van der Waals surface area (Å²) in [6, 6.07) is 12.4. The Bertz CT molecular complexity index is 1290. The number of nitrogens with one attached hydrogen (secondary N) is 1. The number of aromatic nitrogens is 1. The van der Waals surface area contributed by atoms with Crippen molar-refractivity contribution in [3.05, 3.63) is 52.1 Å². The first-order valence-electron chi connectivity index (χ1n) is 10.8. The topological polar surface area (TPSA) is 97.7 Å². The van der Waals surface area contributed by atoms with Crippen LogP contribution in [0.4, 0.5) is 11.4 Å². The molecule has 3 aromatic rings. The molecule has 10 heteroatoms. The number of carbonyl (C=O) groups is 1. The molecule has 0 saturated heterocycles. The summed E-state index contributed by atoms with van der Waals surface area (Å²) in [5.41, 5.74) is 1.90. The zero-order valence-electron chi connectivity index (χ0n) is 19.2. The number of sulfonamides is 1. The number of rotatable bonds is 10. The lowest BCUT2D eigenvalue weighted by molar-refractivity contribution is -0.116. The maximum atomic E-state index is 12.5. The van der Waals surface area contributed by atoms with Crippen LogP contribution in [0.5, 0.6) is 5.75 Å². The first kappa shape index (κ1) is 24.8. The zero-order chi connectivity index (χ0) is 24.2. The number of fused-ring (bicyclic) bond motifs is 1. The lowest BCUT2D eigenvalue weighted by atomic mass is 10.2. The molecule has 33 heavy (non-hydrogen) atoms. The molecule has 1 heterocycles. The van der Waals surface area contributed by atoms with Gasteiger partial charge in [-0.2, -0.15) is 0 Å². The third-order valence-electron chi connectivity index (χ3n) is 5.01. The number of carbonyl (C=O) groups excluding carboxylic acids is 1. The maximum Gasteiger partial charge on any atom is 0.308 e. The summed E-state index contributed by atoms with van der Waals surface area (Å²) in [5, 5.41) is 2.84. The van der Waals surface area contributed by atoms with Crippen LogP contribution in [0.15, 0.2) is 47.3 Å². The number of benzene rings is 2. The van der Waals surface area contributed by atoms with Crippen molar-refractivity contribution in [3.8, 4) is 5.75 Å². The van der Waals surface area contributed by atoms with E-state index in [1.54, 1.807) is 41.0 Å². The van der Waals surface area contributed by atoms with Gasteiger partial charge >= 0.3 is 4.87 Å². The molecule has 0 fully saturated rings. The van der Waals surface area contributed by atoms with E-state index in [0.717, 1.165) is 27.8 Å². The SMILES string of the molecule is CCOc1ccccc1N(CCCC(=O)Nc1ccc2c(c1)sc(=O)n2C(C)C)S(C)(=O)=O. The summed E-state index contributed by atoms with van der Waals surface area (Å²) in [6.45, 7) is 6.30. The molecule has 0 aliphatic rings. The van der Waals surface area contributed by atoms with Crippen molar-refractivity contribution in [2.75, 3.05) is 29.0 Å². The van der Waals surface area contributed by atoms with E-state index in [1.165, 1.54) is 4.31 Å². The Kier molecular flexibility index (Phi) is 7.80. The molecule has 0 aliphatic heterocycles. The smallest absolute Gasteiger partial charge is 0.308 e. The van der Waals surface area contributed by atoms with E-state index in [1.807, 2.05) is 26.8 Å². The summed E-state index contributed by atoms with van der Waals surface area (Å²) in [4.78, 5) is 24.7. The highest BCUT2D eigenvalue weighted by Gasteiger charge is 2.21. The van der Waals surface area contributed by atoms with Crippen LogP contribution in [0.2, 0.25) is 0 Å². The van der Waals surface area contributed by atoms with Gasteiger partial charge in [0.05, 0.1) is 28.8 Å². The van der Waals surface area contributed by atoms with Crippen LogP contribution >= 0.6 is 11.3 Å². The maximum absolute atomic E-state index is 12.5. The average molecular weight is 492 g/mol. The quantitative estimate of drug-likeness (QED) is 0.458. The van der Waals surface area contributed by atoms with E-state index in [9.17, 15) is 18.0 Å². The van der Waals surface area contributed by atoms with Gasteiger partial charge in [0.25, 0.3) is 0 Å². The van der Waals surface area contributed by atoms with Crippen molar-refractivity contribution in [1.82, 2.24) is 4.57 Å². The fraction of sp³-hybridized carbons (Fsp3) is 0.391. The summed E-state index contributed by atoms with van der Waals surface area (Å²) in [7, 11) is -3.56. The molecule has 2 aromatic carbocycles. The molecule has 178 valence electrons. The third-order valence-corrected chi connectivity index (χ3v) is 7.11. The molecule has 1 N–H and O–H groups in total. The van der Waals surface area contributed by atoms with Crippen molar-refractivity contribution in [2.45, 2.75) is 39.7 Å². The van der Waals surface area contributed by atoms with Gasteiger partial charge in [-0.25, -0.2) is 8.42 Å². The first-order chi connectivity index (χ1) is 15.6. The van der Waals surface area contributed by atoms with Gasteiger partial charge in [0.1, 0.15) is 5.75 Å². The predicted octanol–water partition coefficient (Wildman–Crippen LogP) is 4.23. The third kappa shape index (κ3) is 5.94. The lowest BCUT2D eigenvalue weighted by Crippen LogP contribution is -2.31. The molecule has 0 atom stereocenters. The Labute approximate surface area is 197 Å². The van der Waals surface area contributed by atoms with Crippen molar-refractivity contribution in [2.24, 2.45) is 0 Å². The fourth-order valence-electron chi connectivity index (χ4n) is 3.62. The Hall–Kier alpha value is -2.85. The number of amides is 1. The van der Waals surface area contributed by atoms with Crippen molar-refractivity contribution >= 4 is 48.9 Å². The van der Waals surface area contributed by atoms with Crippen molar-refractivity contribution < 1.29 is 17.9 Å². The number of nitrogens with zero attached hydrogens (tertiary/aromatic N) is 2. The van der Waals surface area contributed by atoms with E-state index < -0.39 is 10.0 Å². The van der Waals surface area contributed by atoms with E-state index in [2.05, 4.69) is 5.32 Å². The average Bonchev–Trinajstić information content (AvgIpc) is 3.06. The van der Waals surface area contributed by atoms with E-state index in [0.29, 0.717) is 30.2 Å². The first-order valence-corrected chi connectivity index (χ1v) is 13.4. The minimum Gasteiger partial charge on any atom is -0.492 e. The molecule has 0 spiro atoms. The van der Waals surface area contributed by atoms with Crippen LogP contribution in [0.3, 0.4) is 0 Å². The molecule has 0 unspecified atom stereocenters. The Morgan fingerprint density at radius 1 is 1.21 bits per heavy atom. The number of anilines is 2. The number of ether oxygens (including phenoxy) is 1. The minimum atomic E-state index is -3.56. The van der Waals surface area contributed by atoms with Gasteiger partial charge in [0.2, 0.25) is 15.9 Å². The lowest BCUT2D eigenvalue weighted by Gasteiger charge is -2.24. The van der Waals surface area contributed by atoms with Crippen molar-refractivity contribution in [1.29, 1.82) is 0 Å². The second kappa shape index (κ2) is 10.4. The monoisotopic (exact) mass is 491 g/mol. The Morgan fingerprint density at radius 2 is 1.94 bits per heavy atom. The van der Waals surface area contributed by atoms with Gasteiger partial charge in [0, 0.05) is 24.7 Å². The number of hydrogen-bond donors (Lipinski definition) is 1. The van der Waals surface area contributed by atoms with Crippen LogP contribution < -0.4 is 19.2 Å². The highest BCUT2D eigenvalue weighted by molar-refractivity contribution is 7.92. The van der Waals surface area contributed by atoms with Gasteiger partial charge in [-0.15, -0.1) is 0 Å². The highest BCUT2D eigenvalue weighted by Crippen LogP contribution is 2.30. The van der Waals surface area contributed by atoms with Crippen LogP contribution in [0.1, 0.15) is 39.7 Å². The summed E-state index contributed by atoms with van der Waals surface area (Å²) in [6.07, 6.45) is 1.61. The summed E-state index contributed by atoms with van der Waals surface area (Å²) < 4.78 is 34.2. The van der Waals surface area contributed by atoms with Gasteiger partial charge in [-0.3, -0.25) is 18.5 Å². The molecular formula is C23H29N3O5S2. The van der Waals surface area contributed by atoms with Crippen molar-refractivity contribution in [3.63, 3.8) is 0 Å². The van der Waals surface area contributed by atoms with Gasteiger partial charge < -0.3 is 10.1 Å². The number of para-hydroxylation sites is 2. The highest BCUT2D eigenvalue weighted by atomic mass is 32.2. The summed E-state index contributed by atoms with van der Waals surface area (Å²) in [5.74, 6) is 0.257. The molecule has 1 aromatic heterocycles. The minimum absolute atomic E-state index is 0.0309. The number of thiazole rings is 1.